The molecule has 1 heterocycles. The van der Waals surface area contributed by atoms with E-state index in [9.17, 15) is 14.0 Å². The van der Waals surface area contributed by atoms with Gasteiger partial charge in [0, 0.05) is 35.8 Å². The maximum absolute atomic E-state index is 14.5. The second kappa shape index (κ2) is 11.2. The molecule has 0 radical (unpaired) electrons. The normalized spacial score (nSPS) is 16.0. The van der Waals surface area contributed by atoms with Crippen LogP contribution in [0.5, 0.6) is 11.5 Å². The van der Waals surface area contributed by atoms with Crippen LogP contribution < -0.4 is 14.8 Å². The van der Waals surface area contributed by atoms with Gasteiger partial charge in [-0.05, 0) is 79.6 Å². The fourth-order valence-electron chi connectivity index (χ4n) is 5.60. The zero-order valence-corrected chi connectivity index (χ0v) is 22.1. The van der Waals surface area contributed by atoms with Gasteiger partial charge >= 0.3 is 0 Å². The number of rotatable bonds is 5. The number of nitrogens with one attached hydrogen (secondary N) is 1. The molecule has 2 amide bonds. The average molecular weight is 527 g/mol. The van der Waals surface area contributed by atoms with Crippen molar-refractivity contribution in [2.24, 2.45) is 5.41 Å². The van der Waals surface area contributed by atoms with E-state index in [1.807, 2.05) is 59.5 Å². The van der Waals surface area contributed by atoms with Crippen LogP contribution >= 0.6 is 0 Å². The maximum atomic E-state index is 14.5. The minimum absolute atomic E-state index is 0.0252. The molecular formula is C32H31FN2O4. The Morgan fingerprint density at radius 1 is 0.897 bits per heavy atom. The summed E-state index contributed by atoms with van der Waals surface area (Å²) in [7, 11) is 2.83. The van der Waals surface area contributed by atoms with Gasteiger partial charge in [0.2, 0.25) is 0 Å². The lowest BCUT2D eigenvalue weighted by atomic mass is 9.60. The molecule has 200 valence electrons. The Balaban J connectivity index is 1.13. The van der Waals surface area contributed by atoms with Gasteiger partial charge < -0.3 is 19.7 Å². The van der Waals surface area contributed by atoms with Gasteiger partial charge in [-0.15, -0.1) is 0 Å². The number of hydrogen-bond donors (Lipinski definition) is 1. The Hall–Kier alpha value is -4.31. The van der Waals surface area contributed by atoms with E-state index in [0.29, 0.717) is 24.4 Å². The summed E-state index contributed by atoms with van der Waals surface area (Å²) in [4.78, 5) is 27.9. The molecule has 0 atom stereocenters. The molecule has 7 heteroatoms. The van der Waals surface area contributed by atoms with Crippen LogP contribution in [0.4, 0.5) is 4.39 Å². The SMILES string of the molecule is COc1ccc(F)c(C(=O)NC2CC3(CCN(C(=O)c4ccc(C#Cc5ccccc5)cc4)CC3)C2)c1OC. The molecule has 6 nitrogen and oxygen atoms in total. The van der Waals surface area contributed by atoms with Gasteiger partial charge in [-0.25, -0.2) is 4.39 Å². The summed E-state index contributed by atoms with van der Waals surface area (Å²) < 4.78 is 24.9. The van der Waals surface area contributed by atoms with Gasteiger partial charge in [-0.2, -0.15) is 0 Å². The number of nitrogens with zero attached hydrogens (tertiary/aromatic N) is 1. The quantitative estimate of drug-likeness (QED) is 0.472. The molecule has 1 spiro atoms. The van der Waals surface area contributed by atoms with E-state index < -0.39 is 11.7 Å². The van der Waals surface area contributed by atoms with E-state index in [1.54, 1.807) is 0 Å². The minimum Gasteiger partial charge on any atom is -0.493 e. The number of halogens is 1. The van der Waals surface area contributed by atoms with Crippen molar-refractivity contribution in [1.82, 2.24) is 10.2 Å². The van der Waals surface area contributed by atoms with Gasteiger partial charge in [0.15, 0.2) is 11.5 Å². The fraction of sp³-hybridized carbons (Fsp3) is 0.312. The van der Waals surface area contributed by atoms with Crippen LogP contribution in [0, 0.1) is 23.1 Å². The number of piperidine rings is 1. The Bertz CT molecular complexity index is 1410. The first-order chi connectivity index (χ1) is 18.9. The number of benzene rings is 3. The first-order valence-electron chi connectivity index (χ1n) is 13.1. The van der Waals surface area contributed by atoms with E-state index in [2.05, 4.69) is 17.2 Å². The number of carbonyl (C=O) groups excluding carboxylic acids is 2. The largest absolute Gasteiger partial charge is 0.493 e. The van der Waals surface area contributed by atoms with Gasteiger partial charge in [-0.3, -0.25) is 9.59 Å². The zero-order chi connectivity index (χ0) is 27.4. The highest BCUT2D eigenvalue weighted by Gasteiger charge is 2.47. The van der Waals surface area contributed by atoms with Crippen LogP contribution in [0.25, 0.3) is 0 Å². The molecule has 2 aliphatic rings. The molecular weight excluding hydrogens is 495 g/mol. The highest BCUT2D eigenvalue weighted by Crippen LogP contribution is 2.49. The van der Waals surface area contributed by atoms with Crippen LogP contribution in [-0.4, -0.2) is 50.1 Å². The Morgan fingerprint density at radius 3 is 2.15 bits per heavy atom. The molecule has 2 fully saturated rings. The van der Waals surface area contributed by atoms with Gasteiger partial charge in [0.05, 0.1) is 14.2 Å². The number of carbonyl (C=O) groups is 2. The summed E-state index contributed by atoms with van der Waals surface area (Å²) in [5.41, 5.74) is 2.43. The van der Waals surface area contributed by atoms with Crippen molar-refractivity contribution in [3.63, 3.8) is 0 Å². The van der Waals surface area contributed by atoms with Crippen LogP contribution in [0.1, 0.15) is 57.5 Å². The standard InChI is InChI=1S/C32H31FN2O4/c1-38-27-15-14-26(33)28(29(27)39-2)30(36)34-25-20-32(21-25)16-18-35(19-17-32)31(37)24-12-10-23(11-13-24)9-8-22-6-4-3-5-7-22/h3-7,10-15,25H,16-21H2,1-2H3,(H,34,36). The van der Waals surface area contributed by atoms with Crippen molar-refractivity contribution in [2.45, 2.75) is 31.7 Å². The number of amides is 2. The fourth-order valence-corrected chi connectivity index (χ4v) is 5.60. The number of ether oxygens (including phenoxy) is 2. The highest BCUT2D eigenvalue weighted by atomic mass is 19.1. The van der Waals surface area contributed by atoms with Crippen molar-refractivity contribution in [1.29, 1.82) is 0 Å². The van der Waals surface area contributed by atoms with Crippen LogP contribution in [0.3, 0.4) is 0 Å². The summed E-state index contributed by atoms with van der Waals surface area (Å²) in [5.74, 6) is 5.53. The molecule has 1 aliphatic carbocycles. The van der Waals surface area contributed by atoms with Crippen LogP contribution in [0.15, 0.2) is 66.7 Å². The molecule has 0 bridgehead atoms. The van der Waals surface area contributed by atoms with E-state index in [0.717, 1.165) is 36.8 Å². The summed E-state index contributed by atoms with van der Waals surface area (Å²) in [5, 5.41) is 2.95. The molecule has 1 N–H and O–H groups in total. The predicted octanol–water partition coefficient (Wildman–Crippen LogP) is 5.06. The lowest BCUT2D eigenvalue weighted by molar-refractivity contribution is 0.00856. The second-order valence-electron chi connectivity index (χ2n) is 10.2. The van der Waals surface area contributed by atoms with Gasteiger partial charge in [0.25, 0.3) is 11.8 Å². The molecule has 1 saturated carbocycles. The molecule has 3 aromatic rings. The van der Waals surface area contributed by atoms with Gasteiger partial charge in [0.1, 0.15) is 11.4 Å². The average Bonchev–Trinajstić information content (AvgIpc) is 2.95. The molecule has 0 aromatic heterocycles. The molecule has 1 aliphatic heterocycles. The van der Waals surface area contributed by atoms with Crippen LogP contribution in [-0.2, 0) is 0 Å². The highest BCUT2D eigenvalue weighted by molar-refractivity contribution is 5.98. The lowest BCUT2D eigenvalue weighted by Crippen LogP contribution is -2.55. The summed E-state index contributed by atoms with van der Waals surface area (Å²) in [6.45, 7) is 1.35. The van der Waals surface area contributed by atoms with Gasteiger partial charge in [-0.1, -0.05) is 30.0 Å². The number of methoxy groups -OCH3 is 2. The molecule has 39 heavy (non-hydrogen) atoms. The van der Waals surface area contributed by atoms with Crippen molar-refractivity contribution >= 4 is 11.8 Å². The first kappa shape index (κ1) is 26.3. The third kappa shape index (κ3) is 5.61. The molecule has 0 unspecified atom stereocenters. The summed E-state index contributed by atoms with van der Waals surface area (Å²) >= 11 is 0. The monoisotopic (exact) mass is 526 g/mol. The van der Waals surface area contributed by atoms with Crippen molar-refractivity contribution in [2.75, 3.05) is 27.3 Å². The predicted molar refractivity (Wildman–Crippen MR) is 146 cm³/mol. The topological polar surface area (TPSA) is 67.9 Å². The third-order valence-corrected chi connectivity index (χ3v) is 7.78. The van der Waals surface area contributed by atoms with E-state index in [4.69, 9.17) is 9.47 Å². The van der Waals surface area contributed by atoms with E-state index in [1.165, 1.54) is 26.4 Å². The summed E-state index contributed by atoms with van der Waals surface area (Å²) in [6, 6.07) is 19.8. The van der Waals surface area contributed by atoms with Crippen molar-refractivity contribution in [3.05, 3.63) is 94.8 Å². The minimum atomic E-state index is -0.651. The second-order valence-corrected chi connectivity index (χ2v) is 10.2. The van der Waals surface area contributed by atoms with E-state index in [-0.39, 0.29) is 28.7 Å². The third-order valence-electron chi connectivity index (χ3n) is 7.78. The number of hydrogen-bond acceptors (Lipinski definition) is 4. The Labute approximate surface area is 228 Å². The Kier molecular flexibility index (Phi) is 7.56. The Morgan fingerprint density at radius 2 is 1.54 bits per heavy atom. The zero-order valence-electron chi connectivity index (χ0n) is 22.1. The smallest absolute Gasteiger partial charge is 0.258 e. The van der Waals surface area contributed by atoms with E-state index >= 15 is 0 Å². The van der Waals surface area contributed by atoms with Crippen LogP contribution in [0.2, 0.25) is 0 Å². The van der Waals surface area contributed by atoms with Crippen molar-refractivity contribution < 1.29 is 23.5 Å². The molecule has 5 rings (SSSR count). The maximum Gasteiger partial charge on any atom is 0.258 e. The molecule has 3 aromatic carbocycles. The lowest BCUT2D eigenvalue weighted by Gasteiger charge is -2.52. The molecule has 1 saturated heterocycles. The summed E-state index contributed by atoms with van der Waals surface area (Å²) in [6.07, 6.45) is 3.37. The first-order valence-corrected chi connectivity index (χ1v) is 13.1. The van der Waals surface area contributed by atoms with Crippen molar-refractivity contribution in [3.8, 4) is 23.3 Å². The number of likely N-dealkylation sites (tertiary alicyclic amines) is 1.